The van der Waals surface area contributed by atoms with Crippen LogP contribution in [0.3, 0.4) is 0 Å². The molecule has 1 aromatic carbocycles. The predicted molar refractivity (Wildman–Crippen MR) is 82.2 cm³/mol. The van der Waals surface area contributed by atoms with Gasteiger partial charge in [0.05, 0.1) is 11.3 Å². The topological polar surface area (TPSA) is 78.4 Å². The van der Waals surface area contributed by atoms with Crippen LogP contribution in [0, 0.1) is 0 Å². The molecule has 5 nitrogen and oxygen atoms in total. The van der Waals surface area contributed by atoms with Crippen molar-refractivity contribution < 1.29 is 14.7 Å². The summed E-state index contributed by atoms with van der Waals surface area (Å²) in [5.41, 5.74) is 0.708. The fraction of sp³-hybridized carbons (Fsp3) is 0.429. The van der Waals surface area contributed by atoms with Gasteiger partial charge in [0.1, 0.15) is 0 Å². The monoisotopic (exact) mass is 342 g/mol. The lowest BCUT2D eigenvalue weighted by atomic mass is 10.1. The van der Waals surface area contributed by atoms with Gasteiger partial charge in [-0.05, 0) is 47.0 Å². The zero-order valence-corrected chi connectivity index (χ0v) is 13.2. The Morgan fingerprint density at radius 1 is 1.35 bits per heavy atom. The van der Waals surface area contributed by atoms with Crippen LogP contribution in [0.4, 0.5) is 10.5 Å². The fourth-order valence-corrected chi connectivity index (χ4v) is 2.30. The van der Waals surface area contributed by atoms with Crippen LogP contribution >= 0.6 is 15.9 Å². The number of rotatable bonds is 6. The first kappa shape index (κ1) is 16.5. The molecule has 0 saturated heterocycles. The first-order valence-corrected chi connectivity index (χ1v) is 7.37. The van der Waals surface area contributed by atoms with E-state index in [2.05, 4.69) is 33.5 Å². The summed E-state index contributed by atoms with van der Waals surface area (Å²) in [6, 6.07) is 4.34. The molecule has 0 aliphatic rings. The fourth-order valence-electron chi connectivity index (χ4n) is 1.82. The third-order valence-corrected chi connectivity index (χ3v) is 3.59. The highest BCUT2D eigenvalue weighted by Gasteiger charge is 2.12. The average Bonchev–Trinajstić information content (AvgIpc) is 2.40. The third kappa shape index (κ3) is 4.85. The van der Waals surface area contributed by atoms with Crippen molar-refractivity contribution in [3.05, 3.63) is 28.2 Å². The van der Waals surface area contributed by atoms with Gasteiger partial charge >= 0.3 is 12.0 Å². The number of benzene rings is 1. The number of anilines is 1. The van der Waals surface area contributed by atoms with Gasteiger partial charge in [-0.25, -0.2) is 9.59 Å². The number of urea groups is 1. The second-order valence-electron chi connectivity index (χ2n) is 4.49. The van der Waals surface area contributed by atoms with E-state index in [1.807, 2.05) is 6.92 Å². The summed E-state index contributed by atoms with van der Waals surface area (Å²) in [7, 11) is 0. The quantitative estimate of drug-likeness (QED) is 0.734. The number of carboxylic acid groups (broad SMARTS) is 1. The van der Waals surface area contributed by atoms with Crippen LogP contribution in [0.2, 0.25) is 0 Å². The lowest BCUT2D eigenvalue weighted by Gasteiger charge is -2.17. The van der Waals surface area contributed by atoms with Gasteiger partial charge in [0.15, 0.2) is 0 Å². The third-order valence-electron chi connectivity index (χ3n) is 2.93. The van der Waals surface area contributed by atoms with Crippen molar-refractivity contribution in [2.24, 2.45) is 0 Å². The zero-order chi connectivity index (χ0) is 15.1. The Kier molecular flexibility index (Phi) is 6.51. The maximum Gasteiger partial charge on any atom is 0.335 e. The predicted octanol–water partition coefficient (Wildman–Crippen LogP) is 3.85. The van der Waals surface area contributed by atoms with Crippen molar-refractivity contribution in [3.63, 3.8) is 0 Å². The molecule has 1 aromatic rings. The van der Waals surface area contributed by atoms with Gasteiger partial charge in [-0.15, -0.1) is 0 Å². The van der Waals surface area contributed by atoms with Gasteiger partial charge in [0.25, 0.3) is 0 Å². The Bertz CT molecular complexity index is 491. The van der Waals surface area contributed by atoms with Gasteiger partial charge in [-0.2, -0.15) is 0 Å². The van der Waals surface area contributed by atoms with E-state index in [1.54, 1.807) is 6.07 Å². The first-order valence-electron chi connectivity index (χ1n) is 6.58. The van der Waals surface area contributed by atoms with E-state index in [0.717, 1.165) is 19.3 Å². The van der Waals surface area contributed by atoms with Crippen LogP contribution in [0.25, 0.3) is 0 Å². The van der Waals surface area contributed by atoms with Gasteiger partial charge in [0.2, 0.25) is 0 Å². The van der Waals surface area contributed by atoms with E-state index in [9.17, 15) is 9.59 Å². The smallest absolute Gasteiger partial charge is 0.335 e. The van der Waals surface area contributed by atoms with E-state index in [-0.39, 0.29) is 17.6 Å². The number of nitrogens with one attached hydrogen (secondary N) is 2. The largest absolute Gasteiger partial charge is 0.478 e. The SMILES string of the molecule is CCCC(CC)NC(=O)Nc1ccc(C(=O)O)cc1Br. The Balaban J connectivity index is 2.68. The van der Waals surface area contributed by atoms with Gasteiger partial charge in [0, 0.05) is 10.5 Å². The van der Waals surface area contributed by atoms with E-state index in [0.29, 0.717) is 10.2 Å². The molecular formula is C14H19BrN2O3. The van der Waals surface area contributed by atoms with Crippen molar-refractivity contribution in [1.29, 1.82) is 0 Å². The number of aromatic carboxylic acids is 1. The molecular weight excluding hydrogens is 324 g/mol. The highest BCUT2D eigenvalue weighted by atomic mass is 79.9. The molecule has 0 spiro atoms. The Hall–Kier alpha value is -1.56. The van der Waals surface area contributed by atoms with Crippen LogP contribution in [0.1, 0.15) is 43.5 Å². The maximum absolute atomic E-state index is 11.9. The van der Waals surface area contributed by atoms with Crippen LogP contribution < -0.4 is 10.6 Å². The van der Waals surface area contributed by atoms with Gasteiger partial charge in [-0.1, -0.05) is 20.3 Å². The molecule has 1 unspecified atom stereocenters. The van der Waals surface area contributed by atoms with Crippen LogP contribution in [-0.4, -0.2) is 23.1 Å². The maximum atomic E-state index is 11.9. The highest BCUT2D eigenvalue weighted by Crippen LogP contribution is 2.23. The number of hydrogen-bond donors (Lipinski definition) is 3. The molecule has 0 heterocycles. The summed E-state index contributed by atoms with van der Waals surface area (Å²) in [6.45, 7) is 4.10. The molecule has 110 valence electrons. The second kappa shape index (κ2) is 7.89. The van der Waals surface area contributed by atoms with Crippen molar-refractivity contribution in [2.45, 2.75) is 39.2 Å². The lowest BCUT2D eigenvalue weighted by Crippen LogP contribution is -2.37. The molecule has 3 N–H and O–H groups in total. The first-order chi connectivity index (χ1) is 9.47. The summed E-state index contributed by atoms with van der Waals surface area (Å²) in [4.78, 5) is 22.7. The Labute approximate surface area is 126 Å². The van der Waals surface area contributed by atoms with E-state index >= 15 is 0 Å². The lowest BCUT2D eigenvalue weighted by molar-refractivity contribution is 0.0697. The minimum absolute atomic E-state index is 0.150. The highest BCUT2D eigenvalue weighted by molar-refractivity contribution is 9.10. The number of hydrogen-bond acceptors (Lipinski definition) is 2. The molecule has 0 fully saturated rings. The molecule has 1 rings (SSSR count). The molecule has 1 atom stereocenters. The standard InChI is InChI=1S/C14H19BrN2O3/c1-3-5-10(4-2)16-14(20)17-12-7-6-9(13(18)19)8-11(12)15/h6-8,10H,3-5H2,1-2H3,(H,18,19)(H2,16,17,20). The molecule has 0 aromatic heterocycles. The van der Waals surface area contributed by atoms with E-state index in [4.69, 9.17) is 5.11 Å². The molecule has 0 radical (unpaired) electrons. The Morgan fingerprint density at radius 3 is 2.55 bits per heavy atom. The molecule has 0 aliphatic heterocycles. The number of carboxylic acids is 1. The van der Waals surface area contributed by atoms with E-state index < -0.39 is 5.97 Å². The van der Waals surface area contributed by atoms with Gasteiger partial charge in [-0.3, -0.25) is 0 Å². The van der Waals surface area contributed by atoms with Crippen LogP contribution in [0.5, 0.6) is 0 Å². The summed E-state index contributed by atoms with van der Waals surface area (Å²) in [5, 5.41) is 14.5. The van der Waals surface area contributed by atoms with Crippen molar-refractivity contribution >= 4 is 33.6 Å². The summed E-state index contributed by atoms with van der Waals surface area (Å²) < 4.78 is 0.538. The summed E-state index contributed by atoms with van der Waals surface area (Å²) >= 11 is 3.25. The molecule has 0 aliphatic carbocycles. The Morgan fingerprint density at radius 2 is 2.05 bits per heavy atom. The minimum Gasteiger partial charge on any atom is -0.478 e. The zero-order valence-electron chi connectivity index (χ0n) is 11.6. The van der Waals surface area contributed by atoms with Crippen LogP contribution in [-0.2, 0) is 0 Å². The number of carbonyl (C=O) groups excluding carboxylic acids is 1. The van der Waals surface area contributed by atoms with Gasteiger partial charge < -0.3 is 15.7 Å². The van der Waals surface area contributed by atoms with Crippen molar-refractivity contribution in [3.8, 4) is 0 Å². The number of carbonyl (C=O) groups is 2. The minimum atomic E-state index is -1.00. The van der Waals surface area contributed by atoms with Crippen molar-refractivity contribution in [1.82, 2.24) is 5.32 Å². The molecule has 2 amide bonds. The summed E-state index contributed by atoms with van der Waals surface area (Å²) in [6.07, 6.45) is 2.82. The average molecular weight is 343 g/mol. The number of amides is 2. The molecule has 0 bridgehead atoms. The normalized spacial score (nSPS) is 11.8. The van der Waals surface area contributed by atoms with E-state index in [1.165, 1.54) is 12.1 Å². The summed E-state index contributed by atoms with van der Waals surface area (Å²) in [5.74, 6) is -1.00. The molecule has 0 saturated carbocycles. The molecule has 6 heteroatoms. The van der Waals surface area contributed by atoms with Crippen LogP contribution in [0.15, 0.2) is 22.7 Å². The number of halogens is 1. The van der Waals surface area contributed by atoms with Crippen molar-refractivity contribution in [2.75, 3.05) is 5.32 Å². The second-order valence-corrected chi connectivity index (χ2v) is 5.35. The molecule has 20 heavy (non-hydrogen) atoms.